The van der Waals surface area contributed by atoms with Gasteiger partial charge in [-0.05, 0) is 12.1 Å². The molecule has 1 aromatic rings. The monoisotopic (exact) mass is 221 g/mol. The van der Waals surface area contributed by atoms with Crippen molar-refractivity contribution in [3.63, 3.8) is 0 Å². The molecule has 0 aliphatic carbocycles. The first-order valence-electron chi connectivity index (χ1n) is 5.30. The third-order valence-electron chi connectivity index (χ3n) is 2.16. The van der Waals surface area contributed by atoms with Gasteiger partial charge in [0.2, 0.25) is 0 Å². The van der Waals surface area contributed by atoms with Gasteiger partial charge in [0, 0.05) is 11.8 Å². The molecule has 0 radical (unpaired) electrons. The van der Waals surface area contributed by atoms with Gasteiger partial charge >= 0.3 is 0 Å². The lowest BCUT2D eigenvalue weighted by Gasteiger charge is -2.11. The molecule has 3 rings (SSSR count). The van der Waals surface area contributed by atoms with Crippen molar-refractivity contribution < 1.29 is 14.3 Å². The van der Waals surface area contributed by atoms with E-state index in [1.54, 1.807) is 6.20 Å². The number of fused-ring (bicyclic) bond motifs is 1. The van der Waals surface area contributed by atoms with Crippen molar-refractivity contribution in [3.05, 3.63) is 36.0 Å². The van der Waals surface area contributed by atoms with Gasteiger partial charge in [0.1, 0.15) is 0 Å². The summed E-state index contributed by atoms with van der Waals surface area (Å²) in [5.74, 6) is 0.880. The highest BCUT2D eigenvalue weighted by Crippen LogP contribution is 2.20. The minimum absolute atomic E-state index is 0.778. The van der Waals surface area contributed by atoms with Crippen LogP contribution in [0.15, 0.2) is 30.5 Å². The maximum Gasteiger partial charge on any atom is 0.162 e. The molecule has 1 saturated heterocycles. The molecule has 1 N–H and O–H groups in total. The fourth-order valence-electron chi connectivity index (χ4n) is 1.37. The first kappa shape index (κ1) is 11.0. The van der Waals surface area contributed by atoms with Crippen LogP contribution in [0.4, 0.5) is 0 Å². The van der Waals surface area contributed by atoms with E-state index in [9.17, 15) is 0 Å². The minimum atomic E-state index is 0.778. The number of hydrogen-bond donors (Lipinski definition) is 1. The number of para-hydroxylation sites is 1. The van der Waals surface area contributed by atoms with E-state index < -0.39 is 0 Å². The van der Waals surface area contributed by atoms with E-state index >= 15 is 0 Å². The molecule has 2 aliphatic rings. The van der Waals surface area contributed by atoms with Crippen molar-refractivity contribution in [2.45, 2.75) is 0 Å². The number of hydroxylamine groups is 1. The van der Waals surface area contributed by atoms with Crippen LogP contribution in [0.2, 0.25) is 0 Å². The molecule has 86 valence electrons. The maximum atomic E-state index is 5.09. The molecular formula is C12H15NO3. The fraction of sp³-hybridized carbons (Fsp3) is 0.333. The van der Waals surface area contributed by atoms with E-state index in [1.807, 2.05) is 30.3 Å². The standard InChI is InChI=1S/C8H7NO.C4H8O2/c1-2-4-8-7(3-1)5-6-9-10-8;1-2-6-4-3-5-1/h1-6,9H;1-4H2. The van der Waals surface area contributed by atoms with Crippen LogP contribution < -0.4 is 10.3 Å². The Labute approximate surface area is 94.8 Å². The SMILES string of the molecule is C1=Cc2ccccc2ON1.C1COCCO1. The van der Waals surface area contributed by atoms with Crippen LogP contribution in [0.5, 0.6) is 5.75 Å². The lowest BCUT2D eigenvalue weighted by atomic mass is 10.2. The van der Waals surface area contributed by atoms with E-state index in [0.29, 0.717) is 0 Å². The molecule has 0 atom stereocenters. The molecule has 16 heavy (non-hydrogen) atoms. The zero-order valence-electron chi connectivity index (χ0n) is 9.02. The van der Waals surface area contributed by atoms with Crippen LogP contribution >= 0.6 is 0 Å². The third-order valence-corrected chi connectivity index (χ3v) is 2.16. The second-order valence-electron chi connectivity index (χ2n) is 3.32. The van der Waals surface area contributed by atoms with Crippen LogP contribution in [0, 0.1) is 0 Å². The van der Waals surface area contributed by atoms with Gasteiger partial charge in [-0.2, -0.15) is 0 Å². The second kappa shape index (κ2) is 6.15. The van der Waals surface area contributed by atoms with E-state index in [2.05, 4.69) is 5.48 Å². The van der Waals surface area contributed by atoms with Crippen LogP contribution in [0.3, 0.4) is 0 Å². The average molecular weight is 221 g/mol. The van der Waals surface area contributed by atoms with Gasteiger partial charge in [-0.1, -0.05) is 18.2 Å². The fourth-order valence-corrected chi connectivity index (χ4v) is 1.37. The Morgan fingerprint density at radius 3 is 2.25 bits per heavy atom. The van der Waals surface area contributed by atoms with E-state index in [-0.39, 0.29) is 0 Å². The van der Waals surface area contributed by atoms with Gasteiger partial charge < -0.3 is 14.3 Å². The molecule has 2 heterocycles. The lowest BCUT2D eigenvalue weighted by molar-refractivity contribution is -0.0334. The van der Waals surface area contributed by atoms with Gasteiger partial charge in [-0.15, -0.1) is 0 Å². The summed E-state index contributed by atoms with van der Waals surface area (Å²) in [4.78, 5) is 5.09. The third kappa shape index (κ3) is 3.25. The normalized spacial score (nSPS) is 17.2. The molecule has 1 fully saturated rings. The molecule has 4 nitrogen and oxygen atoms in total. The Balaban J connectivity index is 0.000000138. The number of hydrogen-bond acceptors (Lipinski definition) is 4. The predicted molar refractivity (Wildman–Crippen MR) is 60.9 cm³/mol. The highest BCUT2D eigenvalue weighted by molar-refractivity contribution is 5.57. The molecular weight excluding hydrogens is 206 g/mol. The number of nitrogens with one attached hydrogen (secondary N) is 1. The molecule has 0 spiro atoms. The topological polar surface area (TPSA) is 39.7 Å². The Morgan fingerprint density at radius 1 is 0.938 bits per heavy atom. The first-order valence-corrected chi connectivity index (χ1v) is 5.30. The second-order valence-corrected chi connectivity index (χ2v) is 3.32. The summed E-state index contributed by atoms with van der Waals surface area (Å²) in [6.07, 6.45) is 3.74. The number of benzene rings is 1. The van der Waals surface area contributed by atoms with Crippen molar-refractivity contribution in [2.75, 3.05) is 26.4 Å². The van der Waals surface area contributed by atoms with Crippen molar-refractivity contribution in [2.24, 2.45) is 0 Å². The highest BCUT2D eigenvalue weighted by atomic mass is 16.6. The van der Waals surface area contributed by atoms with Crippen molar-refractivity contribution in [3.8, 4) is 5.75 Å². The van der Waals surface area contributed by atoms with Gasteiger partial charge in [0.05, 0.1) is 26.4 Å². The van der Waals surface area contributed by atoms with E-state index in [1.165, 1.54) is 0 Å². The van der Waals surface area contributed by atoms with E-state index in [0.717, 1.165) is 37.7 Å². The minimum Gasteiger partial charge on any atom is -0.382 e. The summed E-state index contributed by atoms with van der Waals surface area (Å²) < 4.78 is 9.89. The van der Waals surface area contributed by atoms with Gasteiger partial charge in [0.25, 0.3) is 0 Å². The van der Waals surface area contributed by atoms with Crippen LogP contribution in [-0.2, 0) is 9.47 Å². The molecule has 1 aromatic carbocycles. The zero-order chi connectivity index (χ0) is 11.1. The van der Waals surface area contributed by atoms with Crippen LogP contribution in [0.25, 0.3) is 6.08 Å². The quantitative estimate of drug-likeness (QED) is 0.722. The summed E-state index contributed by atoms with van der Waals surface area (Å²) in [5.41, 5.74) is 3.77. The van der Waals surface area contributed by atoms with Crippen LogP contribution in [0.1, 0.15) is 5.56 Å². The summed E-state index contributed by atoms with van der Waals surface area (Å²) in [6.45, 7) is 3.11. The number of ether oxygens (including phenoxy) is 2. The molecule has 2 aliphatic heterocycles. The largest absolute Gasteiger partial charge is 0.382 e. The van der Waals surface area contributed by atoms with Crippen LogP contribution in [-0.4, -0.2) is 26.4 Å². The summed E-state index contributed by atoms with van der Waals surface area (Å²) in [6, 6.07) is 7.86. The molecule has 0 aromatic heterocycles. The smallest absolute Gasteiger partial charge is 0.162 e. The number of rotatable bonds is 0. The summed E-state index contributed by atoms with van der Waals surface area (Å²) >= 11 is 0. The van der Waals surface area contributed by atoms with Crippen molar-refractivity contribution in [1.29, 1.82) is 0 Å². The Hall–Kier alpha value is -1.52. The summed E-state index contributed by atoms with van der Waals surface area (Å²) in [5, 5.41) is 0. The van der Waals surface area contributed by atoms with Gasteiger partial charge in [0.15, 0.2) is 5.75 Å². The van der Waals surface area contributed by atoms with E-state index in [4.69, 9.17) is 14.3 Å². The zero-order valence-corrected chi connectivity index (χ0v) is 9.02. The molecule has 0 unspecified atom stereocenters. The van der Waals surface area contributed by atoms with Crippen molar-refractivity contribution >= 4 is 6.08 Å². The predicted octanol–water partition coefficient (Wildman–Crippen LogP) is 1.59. The lowest BCUT2D eigenvalue weighted by Crippen LogP contribution is -2.16. The maximum absolute atomic E-state index is 5.09. The average Bonchev–Trinajstić information content (AvgIpc) is 2.42. The summed E-state index contributed by atoms with van der Waals surface area (Å²) in [7, 11) is 0. The van der Waals surface area contributed by atoms with Gasteiger partial charge in [-0.25, -0.2) is 5.48 Å². The molecule has 0 saturated carbocycles. The van der Waals surface area contributed by atoms with Crippen molar-refractivity contribution in [1.82, 2.24) is 5.48 Å². The van der Waals surface area contributed by atoms with Gasteiger partial charge in [-0.3, -0.25) is 0 Å². The Bertz CT molecular complexity index is 336. The Morgan fingerprint density at radius 2 is 1.62 bits per heavy atom. The molecule has 4 heteroatoms. The first-order chi connectivity index (χ1) is 7.97. The molecule has 0 amide bonds. The Kier molecular flexibility index (Phi) is 4.22. The highest BCUT2D eigenvalue weighted by Gasteiger charge is 2.01. The molecule has 0 bridgehead atoms.